The maximum atomic E-state index is 9.26. The standard InChI is InChI=1S/C76H54N4OSi.Pt/c1-76(2,3)54-44-45-77-74(47-54)80-70-36-19-18-34-65(70)66-42-39-57(49-73(66)80)81-56-25-20-24-55(48-56)78-51-79-72-46-53(52-22-8-4-9-23-52)38-41-67(72)69-50-61(40-43-64(69)62-32-16-17-33-63(62)68-35-21-37-71(78)75(68)79)82(58-26-10-5-11-27-58,59-28-12-6-13-29-59)60-30-14-7-15-31-60;/h4-47,50H,1-3H3;/q-2;/i4D,8D,9D,22D,23D;. The molecule has 0 bridgehead atoms. The van der Waals surface area contributed by atoms with Crippen LogP contribution in [0.4, 0.5) is 0 Å². The van der Waals surface area contributed by atoms with Gasteiger partial charge >= 0.3 is 0 Å². The van der Waals surface area contributed by atoms with E-state index in [-0.39, 0.29) is 44.1 Å². The minimum atomic E-state index is -3.10. The molecule has 15 rings (SSSR count). The van der Waals surface area contributed by atoms with Crippen LogP contribution in [0.2, 0.25) is 0 Å². The van der Waals surface area contributed by atoms with Crippen molar-refractivity contribution in [3.8, 4) is 73.2 Å². The third kappa shape index (κ3) is 8.71. The largest absolute Gasteiger partial charge is 0.510 e. The number of ether oxygens (including phenoxy) is 1. The zero-order valence-corrected chi connectivity index (χ0v) is 48.9. The summed E-state index contributed by atoms with van der Waals surface area (Å²) < 4.78 is 57.7. The van der Waals surface area contributed by atoms with E-state index < -0.39 is 26.2 Å². The van der Waals surface area contributed by atoms with Gasteiger partial charge in [0.05, 0.1) is 23.6 Å². The maximum absolute atomic E-state index is 9.26. The minimum Gasteiger partial charge on any atom is -0.510 e. The van der Waals surface area contributed by atoms with E-state index in [1.165, 1.54) is 26.3 Å². The number of hydrogen-bond donors (Lipinski definition) is 0. The van der Waals surface area contributed by atoms with Gasteiger partial charge in [-0.05, 0) is 112 Å². The van der Waals surface area contributed by atoms with Crippen LogP contribution >= 0.6 is 0 Å². The molecule has 0 radical (unpaired) electrons. The fraction of sp³-hybridized carbons (Fsp3) is 0.0526. The second-order valence-corrected chi connectivity index (χ2v) is 25.7. The molecule has 11 aromatic carbocycles. The summed E-state index contributed by atoms with van der Waals surface area (Å²) in [5.74, 6) is 1.78. The normalized spacial score (nSPS) is 12.8. The second kappa shape index (κ2) is 20.8. The molecule has 3 aromatic heterocycles. The van der Waals surface area contributed by atoms with E-state index >= 15 is 0 Å². The Morgan fingerprint density at radius 3 is 1.83 bits per heavy atom. The van der Waals surface area contributed by atoms with Crippen LogP contribution in [-0.2, 0) is 26.5 Å². The van der Waals surface area contributed by atoms with Crippen LogP contribution in [0.3, 0.4) is 0 Å². The molecule has 1 aliphatic rings. The Labute approximate surface area is 506 Å². The van der Waals surface area contributed by atoms with Crippen molar-refractivity contribution in [1.29, 1.82) is 0 Å². The van der Waals surface area contributed by atoms with Crippen LogP contribution in [0.5, 0.6) is 11.5 Å². The summed E-state index contributed by atoms with van der Waals surface area (Å²) in [5, 5.41) is 7.00. The number of nitrogens with zero attached hydrogens (tertiary/aromatic N) is 4. The molecule has 0 saturated heterocycles. The van der Waals surface area contributed by atoms with Crippen LogP contribution in [0, 0.1) is 18.5 Å². The van der Waals surface area contributed by atoms with Gasteiger partial charge in [0.1, 0.15) is 5.82 Å². The molecule has 83 heavy (non-hydrogen) atoms. The van der Waals surface area contributed by atoms with Crippen molar-refractivity contribution in [1.82, 2.24) is 14.1 Å². The first-order valence-corrected chi connectivity index (χ1v) is 29.6. The van der Waals surface area contributed by atoms with Crippen LogP contribution in [0.25, 0.3) is 94.5 Å². The molecule has 1 aliphatic heterocycles. The molecule has 14 aromatic rings. The first kappa shape index (κ1) is 46.2. The Morgan fingerprint density at radius 2 is 1.11 bits per heavy atom. The molecule has 400 valence electrons. The van der Waals surface area contributed by atoms with Gasteiger partial charge in [-0.25, -0.2) is 4.98 Å². The van der Waals surface area contributed by atoms with Crippen molar-refractivity contribution in [3.05, 3.63) is 297 Å². The third-order valence-corrected chi connectivity index (χ3v) is 21.0. The molecule has 0 amide bonds. The molecule has 0 atom stereocenters. The molecular weight excluding hydrogens is 1210 g/mol. The van der Waals surface area contributed by atoms with Crippen molar-refractivity contribution < 1.29 is 37.2 Å². The minimum absolute atomic E-state index is 0. The van der Waals surface area contributed by atoms with E-state index in [1.54, 1.807) is 0 Å². The smallest absolute Gasteiger partial charge is 0.268 e. The van der Waals surface area contributed by atoms with Gasteiger partial charge in [-0.15, -0.1) is 29.7 Å². The van der Waals surface area contributed by atoms with E-state index in [0.29, 0.717) is 28.4 Å². The van der Waals surface area contributed by atoms with Crippen molar-refractivity contribution >= 4 is 61.7 Å². The number of pyridine rings is 1. The van der Waals surface area contributed by atoms with Crippen LogP contribution in [0.15, 0.2) is 273 Å². The summed E-state index contributed by atoms with van der Waals surface area (Å²) in [5.41, 5.74) is 12.4. The van der Waals surface area contributed by atoms with Gasteiger partial charge in [-0.1, -0.05) is 238 Å². The van der Waals surface area contributed by atoms with Gasteiger partial charge in [0.15, 0.2) is 8.07 Å². The van der Waals surface area contributed by atoms with Crippen molar-refractivity contribution in [2.24, 2.45) is 0 Å². The molecule has 4 heterocycles. The Balaban J connectivity index is 0.00000680. The molecule has 0 N–H and O–H groups in total. The summed E-state index contributed by atoms with van der Waals surface area (Å²) in [6.45, 7) is 6.62. The van der Waals surface area contributed by atoms with Gasteiger partial charge < -0.3 is 13.9 Å². The number of aromatic nitrogens is 4. The van der Waals surface area contributed by atoms with Crippen LogP contribution < -0.4 is 30.1 Å². The first-order valence-electron chi connectivity index (χ1n) is 30.1. The van der Waals surface area contributed by atoms with E-state index in [1.807, 2.05) is 53.2 Å². The van der Waals surface area contributed by atoms with Gasteiger partial charge in [-0.2, -0.15) is 18.2 Å². The molecule has 5 nitrogen and oxygen atoms in total. The van der Waals surface area contributed by atoms with E-state index in [4.69, 9.17) is 13.8 Å². The molecule has 0 saturated carbocycles. The predicted octanol–water partition coefficient (Wildman–Crippen LogP) is 15.2. The Kier molecular flexibility index (Phi) is 11.6. The quantitative estimate of drug-likeness (QED) is 0.0625. The van der Waals surface area contributed by atoms with E-state index in [0.717, 1.165) is 72.0 Å². The Hall–Kier alpha value is -9.45. The number of benzene rings is 11. The van der Waals surface area contributed by atoms with Gasteiger partial charge in [-0.3, -0.25) is 4.57 Å². The maximum Gasteiger partial charge on any atom is 0.268 e. The molecule has 7 heteroatoms. The van der Waals surface area contributed by atoms with E-state index in [9.17, 15) is 2.74 Å². The number of rotatable bonds is 9. The fourth-order valence-electron chi connectivity index (χ4n) is 12.4. The summed E-state index contributed by atoms with van der Waals surface area (Å²) in [6.07, 6.45) is 5.71. The van der Waals surface area contributed by atoms with Crippen LogP contribution in [0.1, 0.15) is 33.2 Å². The summed E-state index contributed by atoms with van der Waals surface area (Å²) >= 11 is 0. The number of hydrogen-bond acceptors (Lipinski definition) is 2. The topological polar surface area (TPSA) is 35.9 Å². The zero-order valence-electron chi connectivity index (χ0n) is 50.6. The SMILES string of the molecule is [2H]c1c([2H])c([2H])c(-c2ccc3c(c2)-[n+]2[c-]n(-c4[c-]c(Oc5[c-]c6c(cc5)c5ccccc5n6-c5cc(C(C)(C)C)ccn5)ccc4)c4cccc(c42)-c2ccccc2-c2ccc([Si](c4ccccc4)(c4ccccc4)c4ccccc4)cc2-3)c([2H])c1[2H].[Pt]. The first-order chi connectivity index (χ1) is 42.4. The summed E-state index contributed by atoms with van der Waals surface area (Å²) in [6, 6.07) is 88.3. The molecular formula is C76H54N4OPtSi-2. The third-order valence-electron chi connectivity index (χ3n) is 16.2. The van der Waals surface area contributed by atoms with Gasteiger partial charge in [0.25, 0.3) is 6.33 Å². The van der Waals surface area contributed by atoms with Crippen LogP contribution in [-0.4, -0.2) is 22.2 Å². The molecule has 0 aliphatic carbocycles. The number of imidazole rings is 1. The Morgan fingerprint density at radius 1 is 0.494 bits per heavy atom. The number of fused-ring (bicyclic) bond motifs is 10. The predicted molar refractivity (Wildman–Crippen MR) is 338 cm³/mol. The zero-order chi connectivity index (χ0) is 59.3. The molecule has 0 spiro atoms. The fourth-order valence-corrected chi connectivity index (χ4v) is 17.2. The number of para-hydroxylation sites is 2. The van der Waals surface area contributed by atoms with Crippen molar-refractivity contribution in [2.75, 3.05) is 0 Å². The summed E-state index contributed by atoms with van der Waals surface area (Å²) in [7, 11) is -3.10. The monoisotopic (exact) mass is 1270 g/mol. The Bertz CT molecular complexity index is 4960. The average molecular weight is 1270 g/mol. The van der Waals surface area contributed by atoms with Crippen molar-refractivity contribution in [2.45, 2.75) is 26.2 Å². The molecule has 0 unspecified atom stereocenters. The second-order valence-electron chi connectivity index (χ2n) is 21.9. The van der Waals surface area contributed by atoms with Gasteiger partial charge in [0.2, 0.25) is 0 Å². The summed E-state index contributed by atoms with van der Waals surface area (Å²) in [4.78, 5) is 4.89. The van der Waals surface area contributed by atoms with E-state index in [2.05, 4.69) is 242 Å². The van der Waals surface area contributed by atoms with Gasteiger partial charge in [0, 0.05) is 44.3 Å². The molecule has 0 fully saturated rings. The average Bonchev–Trinajstić information content (AvgIpc) is 1.27. The van der Waals surface area contributed by atoms with Crippen molar-refractivity contribution in [3.63, 3.8) is 0 Å².